The molecule has 1 rings (SSSR count). The largest absolute Gasteiger partial charge is 0.422 e. The van der Waals surface area contributed by atoms with Crippen molar-refractivity contribution >= 4 is 32.1 Å². The average Bonchev–Trinajstić information content (AvgIpc) is 2.28. The van der Waals surface area contributed by atoms with Crippen LogP contribution in [0.25, 0.3) is 0 Å². The van der Waals surface area contributed by atoms with Crippen LogP contribution in [0, 0.1) is 0 Å². The lowest BCUT2D eigenvalue weighted by Crippen LogP contribution is -2.23. The van der Waals surface area contributed by atoms with Crippen LogP contribution in [-0.4, -0.2) is 21.6 Å². The van der Waals surface area contributed by atoms with Crippen LogP contribution < -0.4 is 5.32 Å². The second-order valence-corrected chi connectivity index (χ2v) is 4.96. The summed E-state index contributed by atoms with van der Waals surface area (Å²) in [6.45, 7) is 0. The number of hydrogen-bond donors (Lipinski definition) is 1. The molecule has 1 aromatic carbocycles. The minimum atomic E-state index is -4.02. The highest BCUT2D eigenvalue weighted by atomic mass is 79.9. The molecule has 0 radical (unpaired) electrons. The van der Waals surface area contributed by atoms with E-state index in [1.807, 2.05) is 0 Å². The molecule has 0 aromatic heterocycles. The predicted octanol–water partition coefficient (Wildman–Crippen LogP) is 1.63. The molecule has 16 heavy (non-hydrogen) atoms. The van der Waals surface area contributed by atoms with Gasteiger partial charge in [-0.25, -0.2) is 4.79 Å². The van der Waals surface area contributed by atoms with Gasteiger partial charge in [-0.3, -0.25) is 0 Å². The highest BCUT2D eigenvalue weighted by Gasteiger charge is 2.18. The number of halogens is 1. The number of rotatable bonds is 3. The molecular weight excluding hydrogens is 298 g/mol. The summed E-state index contributed by atoms with van der Waals surface area (Å²) in [5.74, 6) is 0. The van der Waals surface area contributed by atoms with Gasteiger partial charge in [0.2, 0.25) is 0 Å². The first-order chi connectivity index (χ1) is 7.49. The summed E-state index contributed by atoms with van der Waals surface area (Å²) < 4.78 is 27.3. The van der Waals surface area contributed by atoms with E-state index in [4.69, 9.17) is 0 Å². The highest BCUT2D eigenvalue weighted by Crippen LogP contribution is 2.14. The van der Waals surface area contributed by atoms with Crippen molar-refractivity contribution in [1.82, 2.24) is 5.32 Å². The van der Waals surface area contributed by atoms with Gasteiger partial charge in [0.25, 0.3) is 0 Å². The maximum atomic E-state index is 11.5. The van der Waals surface area contributed by atoms with E-state index in [0.29, 0.717) is 5.33 Å². The van der Waals surface area contributed by atoms with Crippen molar-refractivity contribution in [2.45, 2.75) is 10.2 Å². The fourth-order valence-electron chi connectivity index (χ4n) is 0.935. The first kappa shape index (κ1) is 13.0. The molecule has 0 spiro atoms. The Kier molecular flexibility index (Phi) is 4.31. The molecular formula is C9H10BrNO4S. The van der Waals surface area contributed by atoms with Crippen molar-refractivity contribution in [3.63, 3.8) is 0 Å². The van der Waals surface area contributed by atoms with Crippen LogP contribution in [0.1, 0.15) is 5.56 Å². The second kappa shape index (κ2) is 5.31. The summed E-state index contributed by atoms with van der Waals surface area (Å²) in [6, 6.07) is 6.04. The van der Waals surface area contributed by atoms with Crippen molar-refractivity contribution in [3.8, 4) is 0 Å². The Morgan fingerprint density at radius 3 is 2.38 bits per heavy atom. The van der Waals surface area contributed by atoms with Crippen LogP contribution in [0.3, 0.4) is 0 Å². The van der Waals surface area contributed by atoms with Crippen LogP contribution in [0.4, 0.5) is 4.79 Å². The van der Waals surface area contributed by atoms with Crippen molar-refractivity contribution < 1.29 is 17.4 Å². The van der Waals surface area contributed by atoms with Crippen LogP contribution >= 0.6 is 15.9 Å². The molecule has 88 valence electrons. The van der Waals surface area contributed by atoms with Crippen molar-refractivity contribution in [2.75, 3.05) is 7.05 Å². The Bertz CT molecular complexity index is 469. The van der Waals surface area contributed by atoms with Gasteiger partial charge in [-0.05, 0) is 17.7 Å². The molecule has 0 saturated heterocycles. The number of nitrogens with one attached hydrogen (secondary N) is 1. The van der Waals surface area contributed by atoms with Crippen molar-refractivity contribution in [1.29, 1.82) is 0 Å². The minimum Gasteiger partial charge on any atom is -0.324 e. The summed E-state index contributed by atoms with van der Waals surface area (Å²) >= 11 is 3.24. The number of hydrogen-bond acceptors (Lipinski definition) is 4. The van der Waals surface area contributed by atoms with Gasteiger partial charge in [0.05, 0.1) is 0 Å². The third-order valence-corrected chi connectivity index (χ3v) is 3.62. The average molecular weight is 308 g/mol. The second-order valence-electron chi connectivity index (χ2n) is 2.85. The van der Waals surface area contributed by atoms with Gasteiger partial charge in [-0.2, -0.15) is 8.42 Å². The van der Waals surface area contributed by atoms with E-state index in [9.17, 15) is 13.2 Å². The van der Waals surface area contributed by atoms with E-state index >= 15 is 0 Å². The Hall–Kier alpha value is -1.08. The molecule has 0 aliphatic rings. The summed E-state index contributed by atoms with van der Waals surface area (Å²) in [5, 5.41) is 2.69. The molecule has 0 aliphatic carbocycles. The molecule has 1 amide bonds. The van der Waals surface area contributed by atoms with Crippen molar-refractivity contribution in [2.24, 2.45) is 0 Å². The van der Waals surface area contributed by atoms with Gasteiger partial charge >= 0.3 is 16.2 Å². The molecule has 0 bridgehead atoms. The number of amides is 1. The number of alkyl halides is 1. The normalized spacial score (nSPS) is 10.9. The maximum Gasteiger partial charge on any atom is 0.422 e. The molecule has 1 aromatic rings. The van der Waals surface area contributed by atoms with Crippen LogP contribution in [0.2, 0.25) is 0 Å². The van der Waals surface area contributed by atoms with Crippen LogP contribution in [0.15, 0.2) is 29.2 Å². The Morgan fingerprint density at radius 2 is 1.94 bits per heavy atom. The van der Waals surface area contributed by atoms with Gasteiger partial charge in [0, 0.05) is 12.4 Å². The molecule has 0 unspecified atom stereocenters. The molecule has 0 heterocycles. The van der Waals surface area contributed by atoms with E-state index in [1.165, 1.54) is 19.2 Å². The summed E-state index contributed by atoms with van der Waals surface area (Å²) in [7, 11) is -2.74. The van der Waals surface area contributed by atoms with Gasteiger partial charge in [0.1, 0.15) is 4.90 Å². The monoisotopic (exact) mass is 307 g/mol. The van der Waals surface area contributed by atoms with Crippen LogP contribution in [-0.2, 0) is 19.6 Å². The lowest BCUT2D eigenvalue weighted by Gasteiger charge is -2.05. The fourth-order valence-corrected chi connectivity index (χ4v) is 2.16. The molecule has 1 N–H and O–H groups in total. The zero-order chi connectivity index (χ0) is 12.2. The van der Waals surface area contributed by atoms with Crippen molar-refractivity contribution in [3.05, 3.63) is 29.8 Å². The summed E-state index contributed by atoms with van der Waals surface area (Å²) in [4.78, 5) is 10.7. The molecule has 5 nitrogen and oxygen atoms in total. The van der Waals surface area contributed by atoms with E-state index in [-0.39, 0.29) is 4.90 Å². The third kappa shape index (κ3) is 3.21. The Morgan fingerprint density at radius 1 is 1.38 bits per heavy atom. The summed E-state index contributed by atoms with van der Waals surface area (Å²) in [6.07, 6.45) is -1.01. The van der Waals surface area contributed by atoms with Gasteiger partial charge in [-0.1, -0.05) is 28.1 Å². The number of carbonyl (C=O) groups excluding carboxylic acids is 1. The lowest BCUT2D eigenvalue weighted by atomic mass is 10.2. The first-order valence-corrected chi connectivity index (χ1v) is 6.83. The Balaban J connectivity index is 2.94. The smallest absolute Gasteiger partial charge is 0.324 e. The lowest BCUT2D eigenvalue weighted by molar-refractivity contribution is 0.205. The molecule has 0 atom stereocenters. The standard InChI is InChI=1S/C9H10BrNO4S/c1-11-9(12)15-16(13,14)8-4-2-7(6-10)3-5-8/h2-5H,6H2,1H3,(H,11,12). The molecule has 0 fully saturated rings. The SMILES string of the molecule is CNC(=O)OS(=O)(=O)c1ccc(CBr)cc1. The van der Waals surface area contributed by atoms with Gasteiger partial charge in [-0.15, -0.1) is 0 Å². The van der Waals surface area contributed by atoms with E-state index < -0.39 is 16.2 Å². The van der Waals surface area contributed by atoms with Gasteiger partial charge < -0.3 is 9.50 Å². The van der Waals surface area contributed by atoms with Crippen LogP contribution in [0.5, 0.6) is 0 Å². The Labute approximate surface area is 102 Å². The fraction of sp³-hybridized carbons (Fsp3) is 0.222. The number of benzene rings is 1. The highest BCUT2D eigenvalue weighted by molar-refractivity contribution is 9.08. The van der Waals surface area contributed by atoms with E-state index in [2.05, 4.69) is 25.4 Å². The maximum absolute atomic E-state index is 11.5. The topological polar surface area (TPSA) is 72.5 Å². The third-order valence-electron chi connectivity index (χ3n) is 1.76. The molecule has 7 heteroatoms. The van der Waals surface area contributed by atoms with Gasteiger partial charge in [0.15, 0.2) is 0 Å². The molecule has 0 saturated carbocycles. The molecule has 0 aliphatic heterocycles. The zero-order valence-electron chi connectivity index (χ0n) is 8.44. The first-order valence-electron chi connectivity index (χ1n) is 4.30. The summed E-state index contributed by atoms with van der Waals surface area (Å²) in [5.41, 5.74) is 0.930. The zero-order valence-corrected chi connectivity index (χ0v) is 10.8. The predicted molar refractivity (Wildman–Crippen MR) is 61.8 cm³/mol. The van der Waals surface area contributed by atoms with E-state index in [0.717, 1.165) is 5.56 Å². The number of carbonyl (C=O) groups is 1. The minimum absolute atomic E-state index is 0.0548. The quantitative estimate of drug-likeness (QED) is 0.680. The van der Waals surface area contributed by atoms with E-state index in [1.54, 1.807) is 12.1 Å².